The first-order valence-electron chi connectivity index (χ1n) is 12.8. The summed E-state index contributed by atoms with van der Waals surface area (Å²) in [7, 11) is 0. The molecule has 1 fully saturated rings. The molecule has 2 amide bonds. The maximum Gasteiger partial charge on any atom is 0.410 e. The highest BCUT2D eigenvalue weighted by molar-refractivity contribution is 6.05. The highest BCUT2D eigenvalue weighted by Gasteiger charge is 2.36. The number of nitrogens with zero attached hydrogens (tertiary/aromatic N) is 6. The number of piperazine rings is 1. The third-order valence-corrected chi connectivity index (χ3v) is 6.00. The normalized spacial score (nSPS) is 16.0. The molecule has 0 aliphatic carbocycles. The van der Waals surface area contributed by atoms with E-state index in [9.17, 15) is 22.8 Å². The number of carbonyl (C=O) groups excluding carboxylic acids is 2. The van der Waals surface area contributed by atoms with Gasteiger partial charge in [-0.1, -0.05) is 0 Å². The van der Waals surface area contributed by atoms with E-state index in [0.717, 1.165) is 6.07 Å². The van der Waals surface area contributed by atoms with Gasteiger partial charge in [0.2, 0.25) is 18.3 Å². The summed E-state index contributed by atoms with van der Waals surface area (Å²) in [6, 6.07) is 0.310. The SMILES string of the molecule is CCOc1nc(N2CCN(C(=O)OC(C)(C)C)[C@H](CC(F)F)C2)ncc1C(=O)Nc1cc(F)c2nc(C)cn2c1. The number of ether oxygens (including phenoxy) is 2. The number of hydrogen-bond acceptors (Lipinski definition) is 8. The number of pyridine rings is 1. The molecule has 11 nitrogen and oxygen atoms in total. The summed E-state index contributed by atoms with van der Waals surface area (Å²) in [4.78, 5) is 41.5. The topological polar surface area (TPSA) is 114 Å². The molecule has 3 aromatic heterocycles. The minimum Gasteiger partial charge on any atom is -0.477 e. The van der Waals surface area contributed by atoms with Crippen LogP contribution in [-0.2, 0) is 4.74 Å². The van der Waals surface area contributed by atoms with Crippen LogP contribution in [0.3, 0.4) is 0 Å². The Morgan fingerprint density at radius 2 is 1.95 bits per heavy atom. The maximum atomic E-state index is 14.5. The number of amides is 2. The number of halogens is 3. The second-order valence-electron chi connectivity index (χ2n) is 10.4. The molecule has 14 heteroatoms. The van der Waals surface area contributed by atoms with Crippen LogP contribution in [-0.4, -0.2) is 80.6 Å². The average Bonchev–Trinajstić information content (AvgIpc) is 3.23. The minimum atomic E-state index is -2.64. The lowest BCUT2D eigenvalue weighted by Crippen LogP contribution is -2.57. The quantitative estimate of drug-likeness (QED) is 0.453. The Balaban J connectivity index is 1.54. The molecule has 0 saturated carbocycles. The van der Waals surface area contributed by atoms with Gasteiger partial charge in [-0.05, 0) is 34.6 Å². The summed E-state index contributed by atoms with van der Waals surface area (Å²) in [6.07, 6.45) is 0.561. The van der Waals surface area contributed by atoms with E-state index >= 15 is 0 Å². The third kappa shape index (κ3) is 6.72. The van der Waals surface area contributed by atoms with E-state index in [1.807, 2.05) is 0 Å². The lowest BCUT2D eigenvalue weighted by molar-refractivity contribution is 0.00508. The van der Waals surface area contributed by atoms with Crippen LogP contribution >= 0.6 is 0 Å². The molecule has 0 spiro atoms. The van der Waals surface area contributed by atoms with Gasteiger partial charge in [-0.2, -0.15) is 4.98 Å². The zero-order valence-corrected chi connectivity index (χ0v) is 22.9. The molecule has 40 heavy (non-hydrogen) atoms. The molecule has 1 saturated heterocycles. The van der Waals surface area contributed by atoms with Gasteiger partial charge in [0.05, 0.1) is 24.0 Å². The number of imidazole rings is 1. The van der Waals surface area contributed by atoms with Crippen LogP contribution < -0.4 is 15.0 Å². The Morgan fingerprint density at radius 1 is 1.20 bits per heavy atom. The predicted molar refractivity (Wildman–Crippen MR) is 141 cm³/mol. The summed E-state index contributed by atoms with van der Waals surface area (Å²) in [5.41, 5.74) is 0.171. The maximum absolute atomic E-state index is 14.5. The molecule has 1 aliphatic heterocycles. The molecule has 3 aromatic rings. The standard InChI is InChI=1S/C26H32F3N7O4/c1-6-39-23-18(22(37)32-16-9-19(27)21-31-15(2)12-35(21)13-16)11-30-24(33-23)34-7-8-36(17(14-34)10-20(28)29)25(38)40-26(3,4)5/h9,11-13,17,20H,6-8,10,14H2,1-5H3,(H,32,37)/t17-/m1/s1. The summed E-state index contributed by atoms with van der Waals surface area (Å²) < 4.78 is 53.7. The summed E-state index contributed by atoms with van der Waals surface area (Å²) in [6.45, 7) is 9.14. The first kappa shape index (κ1) is 28.9. The molecule has 1 N–H and O–H groups in total. The van der Waals surface area contributed by atoms with Crippen molar-refractivity contribution in [3.63, 3.8) is 0 Å². The molecule has 216 valence electrons. The van der Waals surface area contributed by atoms with Crippen molar-refractivity contribution < 1.29 is 32.2 Å². The molecule has 1 aliphatic rings. The van der Waals surface area contributed by atoms with Gasteiger partial charge in [0.25, 0.3) is 5.91 Å². The number of nitrogens with one attached hydrogen (secondary N) is 1. The van der Waals surface area contributed by atoms with Crippen LogP contribution in [0, 0.1) is 12.7 Å². The van der Waals surface area contributed by atoms with E-state index in [0.29, 0.717) is 5.69 Å². The van der Waals surface area contributed by atoms with Gasteiger partial charge in [-0.15, -0.1) is 0 Å². The summed E-state index contributed by atoms with van der Waals surface area (Å²) >= 11 is 0. The van der Waals surface area contributed by atoms with Gasteiger partial charge >= 0.3 is 6.09 Å². The monoisotopic (exact) mass is 563 g/mol. The van der Waals surface area contributed by atoms with Crippen LogP contribution in [0.1, 0.15) is 50.2 Å². The van der Waals surface area contributed by atoms with Crippen molar-refractivity contribution in [1.82, 2.24) is 24.3 Å². The molecule has 4 heterocycles. The fourth-order valence-electron chi connectivity index (χ4n) is 4.36. The minimum absolute atomic E-state index is 0.00411. The lowest BCUT2D eigenvalue weighted by atomic mass is 10.1. The first-order chi connectivity index (χ1) is 18.8. The van der Waals surface area contributed by atoms with Gasteiger partial charge in [-0.3, -0.25) is 4.79 Å². The van der Waals surface area contributed by atoms with Crippen molar-refractivity contribution in [2.45, 2.75) is 59.1 Å². The van der Waals surface area contributed by atoms with Crippen LogP contribution in [0.2, 0.25) is 0 Å². The number of aromatic nitrogens is 4. The summed E-state index contributed by atoms with van der Waals surface area (Å²) in [5, 5.41) is 2.62. The van der Waals surface area contributed by atoms with Gasteiger partial charge in [-0.25, -0.2) is 27.9 Å². The average molecular weight is 564 g/mol. The fourth-order valence-corrected chi connectivity index (χ4v) is 4.36. The molecule has 0 aromatic carbocycles. The number of carbonyl (C=O) groups is 2. The van der Waals surface area contributed by atoms with Crippen LogP contribution in [0.5, 0.6) is 5.88 Å². The molecular formula is C26H32F3N7O4. The van der Waals surface area contributed by atoms with E-state index in [-0.39, 0.29) is 55.0 Å². The van der Waals surface area contributed by atoms with E-state index < -0.39 is 42.3 Å². The van der Waals surface area contributed by atoms with Crippen molar-refractivity contribution in [3.8, 4) is 5.88 Å². The number of rotatable bonds is 7. The zero-order valence-electron chi connectivity index (χ0n) is 22.9. The van der Waals surface area contributed by atoms with Crippen molar-refractivity contribution >= 4 is 29.3 Å². The smallest absolute Gasteiger partial charge is 0.410 e. The Hall–Kier alpha value is -4.10. The highest BCUT2D eigenvalue weighted by atomic mass is 19.3. The number of fused-ring (bicyclic) bond motifs is 1. The molecular weight excluding hydrogens is 531 g/mol. The van der Waals surface area contributed by atoms with Gasteiger partial charge in [0.1, 0.15) is 11.2 Å². The second kappa shape index (κ2) is 11.6. The van der Waals surface area contributed by atoms with Crippen molar-refractivity contribution in [1.29, 1.82) is 0 Å². The van der Waals surface area contributed by atoms with E-state index in [1.165, 1.54) is 21.7 Å². The van der Waals surface area contributed by atoms with Crippen LogP contribution in [0.25, 0.3) is 5.65 Å². The van der Waals surface area contributed by atoms with Crippen molar-refractivity contribution in [3.05, 3.63) is 41.7 Å². The molecule has 1 atom stereocenters. The second-order valence-corrected chi connectivity index (χ2v) is 10.4. The molecule has 4 rings (SSSR count). The number of aryl methyl sites for hydroxylation is 1. The van der Waals surface area contributed by atoms with Gasteiger partial charge in [0, 0.05) is 50.7 Å². The van der Waals surface area contributed by atoms with Gasteiger partial charge in [0.15, 0.2) is 11.5 Å². The molecule has 0 bridgehead atoms. The number of alkyl halides is 2. The number of anilines is 2. The largest absolute Gasteiger partial charge is 0.477 e. The first-order valence-corrected chi connectivity index (χ1v) is 12.8. The highest BCUT2D eigenvalue weighted by Crippen LogP contribution is 2.26. The fraction of sp³-hybridized carbons (Fsp3) is 0.500. The molecule has 0 unspecified atom stereocenters. The molecule has 0 radical (unpaired) electrons. The van der Waals surface area contributed by atoms with Crippen LogP contribution in [0.4, 0.5) is 29.6 Å². The Kier molecular flexibility index (Phi) is 8.35. The zero-order chi connectivity index (χ0) is 29.2. The third-order valence-electron chi connectivity index (χ3n) is 6.00. The predicted octanol–water partition coefficient (Wildman–Crippen LogP) is 4.30. The van der Waals surface area contributed by atoms with Crippen molar-refractivity contribution in [2.24, 2.45) is 0 Å². The van der Waals surface area contributed by atoms with Crippen LogP contribution in [0.15, 0.2) is 24.7 Å². The Bertz CT molecular complexity index is 1390. The number of hydrogen-bond donors (Lipinski definition) is 1. The van der Waals surface area contributed by atoms with Gasteiger partial charge < -0.3 is 29.0 Å². The Labute approximate surface area is 229 Å². The Morgan fingerprint density at radius 3 is 2.62 bits per heavy atom. The summed E-state index contributed by atoms with van der Waals surface area (Å²) in [5.74, 6) is -1.10. The van der Waals surface area contributed by atoms with Crippen molar-refractivity contribution in [2.75, 3.05) is 36.5 Å². The van der Waals surface area contributed by atoms with E-state index in [2.05, 4.69) is 20.3 Å². The lowest BCUT2D eigenvalue weighted by Gasteiger charge is -2.41. The van der Waals surface area contributed by atoms with E-state index in [4.69, 9.17) is 9.47 Å². The van der Waals surface area contributed by atoms with E-state index in [1.54, 1.807) is 45.7 Å².